The van der Waals surface area contributed by atoms with Crippen LogP contribution in [0.15, 0.2) is 72.4 Å². The van der Waals surface area contributed by atoms with E-state index in [1.807, 2.05) is 26.0 Å². The number of carbonyl (C=O) groups is 2. The van der Waals surface area contributed by atoms with Crippen LogP contribution in [0.2, 0.25) is 5.02 Å². The van der Waals surface area contributed by atoms with Crippen molar-refractivity contribution in [3.8, 4) is 0 Å². The highest BCUT2D eigenvalue weighted by molar-refractivity contribution is 6.51. The molecule has 1 aliphatic heterocycles. The summed E-state index contributed by atoms with van der Waals surface area (Å²) in [6, 6.07) is 16.6. The van der Waals surface area contributed by atoms with Crippen LogP contribution in [0.1, 0.15) is 28.4 Å². The number of aryl methyl sites for hydroxylation is 2. The average molecular weight is 419 g/mol. The molecular weight excluding hydrogens is 400 g/mol. The SMILES string of the molecule is Cc1ccc(/C(O)=C2\C(=O)C(=O)N(c3ccc(C)c(Cl)c3)C2c2ccccn2)cc1. The summed E-state index contributed by atoms with van der Waals surface area (Å²) in [5.74, 6) is -1.73. The van der Waals surface area contributed by atoms with E-state index in [1.165, 1.54) is 4.90 Å². The van der Waals surface area contributed by atoms with Gasteiger partial charge in [-0.1, -0.05) is 53.6 Å². The predicted octanol–water partition coefficient (Wildman–Crippen LogP) is 4.98. The summed E-state index contributed by atoms with van der Waals surface area (Å²) in [6.07, 6.45) is 1.59. The lowest BCUT2D eigenvalue weighted by molar-refractivity contribution is -0.132. The van der Waals surface area contributed by atoms with E-state index >= 15 is 0 Å². The number of rotatable bonds is 3. The molecule has 2 aromatic carbocycles. The molecule has 1 unspecified atom stereocenters. The van der Waals surface area contributed by atoms with Crippen LogP contribution < -0.4 is 4.90 Å². The van der Waals surface area contributed by atoms with E-state index in [2.05, 4.69) is 4.98 Å². The number of ketones is 1. The van der Waals surface area contributed by atoms with Crippen LogP contribution in [0, 0.1) is 13.8 Å². The molecule has 1 aliphatic rings. The van der Waals surface area contributed by atoms with E-state index in [0.29, 0.717) is 22.0 Å². The Kier molecular flexibility index (Phi) is 5.14. The molecule has 6 heteroatoms. The molecule has 5 nitrogen and oxygen atoms in total. The molecule has 0 radical (unpaired) electrons. The Hall–Kier alpha value is -3.44. The lowest BCUT2D eigenvalue weighted by atomic mass is 9.97. The molecule has 1 amide bonds. The number of hydrogen-bond donors (Lipinski definition) is 1. The second-order valence-corrected chi connectivity index (χ2v) is 7.63. The van der Waals surface area contributed by atoms with Crippen LogP contribution in [-0.4, -0.2) is 21.8 Å². The summed E-state index contributed by atoms with van der Waals surface area (Å²) in [4.78, 5) is 31.8. The number of Topliss-reactive ketones (excluding diaryl/α,β-unsaturated/α-hetero) is 1. The van der Waals surface area contributed by atoms with E-state index in [9.17, 15) is 14.7 Å². The summed E-state index contributed by atoms with van der Waals surface area (Å²) in [5.41, 5.74) is 3.27. The number of nitrogens with zero attached hydrogens (tertiary/aromatic N) is 2. The van der Waals surface area contributed by atoms with E-state index < -0.39 is 17.7 Å². The maximum absolute atomic E-state index is 13.0. The second-order valence-electron chi connectivity index (χ2n) is 7.22. The molecule has 150 valence electrons. The number of halogens is 1. The van der Waals surface area contributed by atoms with E-state index in [-0.39, 0.29) is 11.3 Å². The van der Waals surface area contributed by atoms with Crippen molar-refractivity contribution in [2.75, 3.05) is 4.90 Å². The number of aliphatic hydroxyl groups is 1. The molecule has 3 aromatic rings. The predicted molar refractivity (Wildman–Crippen MR) is 116 cm³/mol. The smallest absolute Gasteiger partial charge is 0.300 e. The van der Waals surface area contributed by atoms with Gasteiger partial charge in [-0.2, -0.15) is 0 Å². The first-order chi connectivity index (χ1) is 14.4. The number of aromatic nitrogens is 1. The molecule has 1 atom stereocenters. The van der Waals surface area contributed by atoms with Gasteiger partial charge < -0.3 is 5.11 Å². The zero-order valence-electron chi connectivity index (χ0n) is 16.5. The molecule has 1 N–H and O–H groups in total. The first kappa shape index (κ1) is 19.9. The summed E-state index contributed by atoms with van der Waals surface area (Å²) >= 11 is 6.28. The number of carbonyl (C=O) groups excluding carboxylic acids is 2. The third-order valence-electron chi connectivity index (χ3n) is 5.17. The maximum atomic E-state index is 13.0. The van der Waals surface area contributed by atoms with Gasteiger partial charge in [-0.25, -0.2) is 0 Å². The standard InChI is InChI=1S/C24H19ClN2O3/c1-14-6-9-16(10-7-14)22(28)20-21(19-5-3-4-12-26-19)27(24(30)23(20)29)17-11-8-15(2)18(25)13-17/h3-13,21,28H,1-2H3/b22-20+. The Morgan fingerprint density at radius 3 is 2.40 bits per heavy atom. The first-order valence-corrected chi connectivity index (χ1v) is 9.81. The highest BCUT2D eigenvalue weighted by atomic mass is 35.5. The van der Waals surface area contributed by atoms with Crippen molar-refractivity contribution in [1.29, 1.82) is 0 Å². The number of anilines is 1. The van der Waals surface area contributed by atoms with Gasteiger partial charge in [0.15, 0.2) is 0 Å². The van der Waals surface area contributed by atoms with Gasteiger partial charge in [-0.05, 0) is 43.7 Å². The molecular formula is C24H19ClN2O3. The van der Waals surface area contributed by atoms with Crippen molar-refractivity contribution in [3.63, 3.8) is 0 Å². The van der Waals surface area contributed by atoms with E-state index in [4.69, 9.17) is 11.6 Å². The Morgan fingerprint density at radius 1 is 1.03 bits per heavy atom. The van der Waals surface area contributed by atoms with Gasteiger partial charge in [0.05, 0.1) is 11.3 Å². The van der Waals surface area contributed by atoms with Crippen LogP contribution in [0.5, 0.6) is 0 Å². The van der Waals surface area contributed by atoms with Gasteiger partial charge in [0.2, 0.25) is 0 Å². The lowest BCUT2D eigenvalue weighted by Crippen LogP contribution is -2.29. The molecule has 0 saturated carbocycles. The fourth-order valence-electron chi connectivity index (χ4n) is 3.51. The van der Waals surface area contributed by atoms with Gasteiger partial charge in [-0.15, -0.1) is 0 Å². The minimum atomic E-state index is -0.869. The van der Waals surface area contributed by atoms with Crippen LogP contribution >= 0.6 is 11.6 Å². The second kappa shape index (κ2) is 7.76. The minimum absolute atomic E-state index is 0.000694. The monoisotopic (exact) mass is 418 g/mol. The van der Waals surface area contributed by atoms with Crippen molar-refractivity contribution in [3.05, 3.63) is 99.8 Å². The zero-order valence-corrected chi connectivity index (χ0v) is 17.2. The van der Waals surface area contributed by atoms with Crippen molar-refractivity contribution in [1.82, 2.24) is 4.98 Å². The zero-order chi connectivity index (χ0) is 21.4. The molecule has 1 fully saturated rings. The third kappa shape index (κ3) is 3.37. The van der Waals surface area contributed by atoms with E-state index in [1.54, 1.807) is 54.7 Å². The molecule has 4 rings (SSSR count). The molecule has 2 heterocycles. The van der Waals surface area contributed by atoms with Gasteiger partial charge >= 0.3 is 0 Å². The first-order valence-electron chi connectivity index (χ1n) is 9.43. The Bertz CT molecular complexity index is 1170. The van der Waals surface area contributed by atoms with Crippen LogP contribution in [0.3, 0.4) is 0 Å². The van der Waals surface area contributed by atoms with E-state index in [0.717, 1.165) is 11.1 Å². The van der Waals surface area contributed by atoms with Gasteiger partial charge in [0.25, 0.3) is 11.7 Å². The summed E-state index contributed by atoms with van der Waals surface area (Å²) in [6.45, 7) is 3.78. The largest absolute Gasteiger partial charge is 0.507 e. The Labute approximate surface area is 179 Å². The molecule has 0 spiro atoms. The fourth-order valence-corrected chi connectivity index (χ4v) is 3.69. The summed E-state index contributed by atoms with van der Waals surface area (Å²) < 4.78 is 0. The molecule has 1 aromatic heterocycles. The molecule has 1 saturated heterocycles. The number of pyridine rings is 1. The van der Waals surface area contributed by atoms with Gasteiger partial charge in [0, 0.05) is 22.5 Å². The Morgan fingerprint density at radius 2 is 1.77 bits per heavy atom. The van der Waals surface area contributed by atoms with Crippen molar-refractivity contribution >= 4 is 34.7 Å². The Balaban J connectivity index is 1.94. The topological polar surface area (TPSA) is 70.5 Å². The highest BCUT2D eigenvalue weighted by Crippen LogP contribution is 2.42. The maximum Gasteiger partial charge on any atom is 0.300 e. The summed E-state index contributed by atoms with van der Waals surface area (Å²) in [5, 5.41) is 11.5. The molecule has 0 bridgehead atoms. The normalized spacial score (nSPS) is 18.1. The number of aliphatic hydroxyl groups excluding tert-OH is 1. The van der Waals surface area contributed by atoms with Gasteiger partial charge in [-0.3, -0.25) is 19.5 Å². The third-order valence-corrected chi connectivity index (χ3v) is 5.58. The lowest BCUT2D eigenvalue weighted by Gasteiger charge is -2.25. The average Bonchev–Trinajstić information content (AvgIpc) is 3.01. The van der Waals surface area contributed by atoms with Gasteiger partial charge in [0.1, 0.15) is 11.8 Å². The number of benzene rings is 2. The highest BCUT2D eigenvalue weighted by Gasteiger charge is 2.47. The molecule has 0 aliphatic carbocycles. The van der Waals surface area contributed by atoms with Crippen molar-refractivity contribution < 1.29 is 14.7 Å². The van der Waals surface area contributed by atoms with Crippen LogP contribution in [0.25, 0.3) is 5.76 Å². The van der Waals surface area contributed by atoms with Crippen LogP contribution in [-0.2, 0) is 9.59 Å². The quantitative estimate of drug-likeness (QED) is 0.370. The number of hydrogen-bond acceptors (Lipinski definition) is 4. The minimum Gasteiger partial charge on any atom is -0.507 e. The molecule has 30 heavy (non-hydrogen) atoms. The summed E-state index contributed by atoms with van der Waals surface area (Å²) in [7, 11) is 0. The van der Waals surface area contributed by atoms with Crippen LogP contribution in [0.4, 0.5) is 5.69 Å². The van der Waals surface area contributed by atoms with Crippen molar-refractivity contribution in [2.24, 2.45) is 0 Å². The van der Waals surface area contributed by atoms with Crippen molar-refractivity contribution in [2.45, 2.75) is 19.9 Å². The number of amides is 1. The fraction of sp³-hybridized carbons (Fsp3) is 0.125.